The molecule has 0 saturated carbocycles. The number of rotatable bonds is 4. The number of fused-ring (bicyclic) bond motifs is 2. The van der Waals surface area contributed by atoms with Crippen LogP contribution in [0.4, 0.5) is 5.69 Å². The van der Waals surface area contributed by atoms with Crippen molar-refractivity contribution < 1.29 is 4.79 Å². The highest BCUT2D eigenvalue weighted by Gasteiger charge is 2.32. The van der Waals surface area contributed by atoms with Gasteiger partial charge in [-0.2, -0.15) is 5.10 Å². The van der Waals surface area contributed by atoms with E-state index in [0.717, 1.165) is 27.6 Å². The van der Waals surface area contributed by atoms with Crippen LogP contribution >= 0.6 is 11.8 Å². The van der Waals surface area contributed by atoms with E-state index in [9.17, 15) is 9.59 Å². The van der Waals surface area contributed by atoms with E-state index in [2.05, 4.69) is 10.1 Å². The van der Waals surface area contributed by atoms with Crippen LogP contribution in [-0.2, 0) is 11.3 Å². The molecule has 0 spiro atoms. The van der Waals surface area contributed by atoms with E-state index in [1.54, 1.807) is 16.4 Å². The number of amides is 1. The van der Waals surface area contributed by atoms with Gasteiger partial charge in [-0.25, -0.2) is 9.67 Å². The highest BCUT2D eigenvalue weighted by Crippen LogP contribution is 2.43. The maximum atomic E-state index is 13.7. The molecule has 1 atom stereocenters. The number of anilines is 1. The van der Waals surface area contributed by atoms with Crippen molar-refractivity contribution in [2.45, 2.75) is 17.5 Å². The number of benzene rings is 3. The highest BCUT2D eigenvalue weighted by atomic mass is 32.2. The number of thioether (sulfide) groups is 1. The smallest absolute Gasteiger partial charge is 0.264 e. The second kappa shape index (κ2) is 8.88. The molecule has 6 rings (SSSR count). The largest absolute Gasteiger partial charge is 0.301 e. The molecule has 0 fully saturated rings. The van der Waals surface area contributed by atoms with Crippen molar-refractivity contribution in [2.75, 3.05) is 10.7 Å². The fraction of sp³-hybridized carbons (Fsp3) is 0.111. The van der Waals surface area contributed by atoms with Crippen molar-refractivity contribution in [2.24, 2.45) is 0 Å². The predicted molar refractivity (Wildman–Crippen MR) is 137 cm³/mol. The Labute approximate surface area is 205 Å². The Morgan fingerprint density at radius 2 is 1.66 bits per heavy atom. The third-order valence-corrected chi connectivity index (χ3v) is 7.29. The quantitative estimate of drug-likeness (QED) is 0.381. The Bertz CT molecular complexity index is 1580. The van der Waals surface area contributed by atoms with Crippen molar-refractivity contribution >= 4 is 34.4 Å². The van der Waals surface area contributed by atoms with Gasteiger partial charge in [0.1, 0.15) is 18.3 Å². The summed E-state index contributed by atoms with van der Waals surface area (Å²) < 4.78 is 3.00. The van der Waals surface area contributed by atoms with Gasteiger partial charge >= 0.3 is 0 Å². The lowest BCUT2D eigenvalue weighted by molar-refractivity contribution is -0.119. The standard InChI is InChI=1S/C27H21N5O2S/c33-25(31-22-13-7-8-14-24(22)35-17-23(31)19-9-3-1-4-10-19)16-30-18-28-26-21(27(30)34)15-29-32(26)20-11-5-2-6-12-20/h1-15,18,23H,16-17H2. The molecule has 0 bridgehead atoms. The molecule has 0 saturated heterocycles. The van der Waals surface area contributed by atoms with Gasteiger partial charge in [0.05, 0.1) is 23.6 Å². The van der Waals surface area contributed by atoms with Gasteiger partial charge in [0, 0.05) is 10.6 Å². The van der Waals surface area contributed by atoms with E-state index in [1.165, 1.54) is 17.1 Å². The minimum absolute atomic E-state index is 0.110. The summed E-state index contributed by atoms with van der Waals surface area (Å²) in [5.41, 5.74) is 2.92. The zero-order valence-corrected chi connectivity index (χ0v) is 19.5. The number of hydrogen-bond acceptors (Lipinski definition) is 5. The van der Waals surface area contributed by atoms with E-state index in [4.69, 9.17) is 0 Å². The first-order valence-electron chi connectivity index (χ1n) is 11.3. The molecule has 3 aromatic carbocycles. The summed E-state index contributed by atoms with van der Waals surface area (Å²) in [5, 5.41) is 4.73. The Balaban J connectivity index is 1.37. The first-order valence-corrected chi connectivity index (χ1v) is 12.3. The predicted octanol–water partition coefficient (Wildman–Crippen LogP) is 4.46. The summed E-state index contributed by atoms with van der Waals surface area (Å²) in [7, 11) is 0. The molecular weight excluding hydrogens is 458 g/mol. The van der Waals surface area contributed by atoms with Crippen LogP contribution in [-0.4, -0.2) is 31.0 Å². The van der Waals surface area contributed by atoms with Crippen molar-refractivity contribution in [3.8, 4) is 5.69 Å². The molecule has 1 aliphatic heterocycles. The first-order chi connectivity index (χ1) is 17.2. The molecule has 1 aliphatic rings. The van der Waals surface area contributed by atoms with Crippen molar-refractivity contribution in [1.82, 2.24) is 19.3 Å². The molecule has 3 heterocycles. The van der Waals surface area contributed by atoms with Gasteiger partial charge in [0.15, 0.2) is 5.65 Å². The summed E-state index contributed by atoms with van der Waals surface area (Å²) in [6.45, 7) is -0.110. The summed E-state index contributed by atoms with van der Waals surface area (Å²) in [5.74, 6) is 0.577. The lowest BCUT2D eigenvalue weighted by Crippen LogP contribution is -2.42. The monoisotopic (exact) mass is 479 g/mol. The highest BCUT2D eigenvalue weighted by molar-refractivity contribution is 7.99. The third kappa shape index (κ3) is 3.81. The average molecular weight is 480 g/mol. The van der Waals surface area contributed by atoms with Crippen LogP contribution in [0.15, 0.2) is 107 Å². The van der Waals surface area contributed by atoms with Crippen LogP contribution in [0.2, 0.25) is 0 Å². The maximum Gasteiger partial charge on any atom is 0.264 e. The Hall–Kier alpha value is -4.17. The van der Waals surface area contributed by atoms with Gasteiger partial charge in [-0.3, -0.25) is 14.2 Å². The van der Waals surface area contributed by atoms with E-state index in [1.807, 2.05) is 89.8 Å². The van der Waals surface area contributed by atoms with Crippen LogP contribution < -0.4 is 10.5 Å². The number of nitrogens with zero attached hydrogens (tertiary/aromatic N) is 5. The lowest BCUT2D eigenvalue weighted by atomic mass is 10.1. The van der Waals surface area contributed by atoms with Crippen molar-refractivity contribution in [3.05, 3.63) is 113 Å². The Morgan fingerprint density at radius 1 is 0.943 bits per heavy atom. The molecule has 1 amide bonds. The molecule has 172 valence electrons. The van der Waals surface area contributed by atoms with Gasteiger partial charge in [-0.05, 0) is 29.8 Å². The van der Waals surface area contributed by atoms with E-state index in [-0.39, 0.29) is 24.1 Å². The number of aromatic nitrogens is 4. The number of carbonyl (C=O) groups is 1. The normalized spacial score (nSPS) is 15.2. The lowest BCUT2D eigenvalue weighted by Gasteiger charge is -2.37. The van der Waals surface area contributed by atoms with Crippen molar-refractivity contribution in [1.29, 1.82) is 0 Å². The van der Waals surface area contributed by atoms with Gasteiger partial charge in [-0.1, -0.05) is 60.7 Å². The maximum absolute atomic E-state index is 13.7. The van der Waals surface area contributed by atoms with Crippen LogP contribution in [0, 0.1) is 0 Å². The SMILES string of the molecule is O=C(Cn1cnc2c(cnn2-c2ccccc2)c1=O)N1c2ccccc2SCC1c1ccccc1. The van der Waals surface area contributed by atoms with E-state index < -0.39 is 0 Å². The number of para-hydroxylation sites is 2. The fourth-order valence-electron chi connectivity index (χ4n) is 4.46. The van der Waals surface area contributed by atoms with Gasteiger partial charge < -0.3 is 4.90 Å². The molecule has 1 unspecified atom stereocenters. The molecule has 0 radical (unpaired) electrons. The molecule has 2 aromatic heterocycles. The first kappa shape index (κ1) is 21.4. The van der Waals surface area contributed by atoms with Crippen LogP contribution in [0.5, 0.6) is 0 Å². The zero-order chi connectivity index (χ0) is 23.8. The fourth-order valence-corrected chi connectivity index (χ4v) is 5.63. The third-order valence-electron chi connectivity index (χ3n) is 6.15. The topological polar surface area (TPSA) is 73.0 Å². The second-order valence-electron chi connectivity index (χ2n) is 8.28. The molecule has 7 nitrogen and oxygen atoms in total. The zero-order valence-electron chi connectivity index (χ0n) is 18.7. The van der Waals surface area contributed by atoms with E-state index in [0.29, 0.717) is 11.0 Å². The summed E-state index contributed by atoms with van der Waals surface area (Å²) in [4.78, 5) is 34.4. The summed E-state index contributed by atoms with van der Waals surface area (Å²) in [6.07, 6.45) is 2.95. The second-order valence-corrected chi connectivity index (χ2v) is 9.34. The summed E-state index contributed by atoms with van der Waals surface area (Å²) in [6, 6.07) is 27.3. The average Bonchev–Trinajstić information content (AvgIpc) is 3.35. The van der Waals surface area contributed by atoms with Crippen LogP contribution in [0.1, 0.15) is 11.6 Å². The van der Waals surface area contributed by atoms with Gasteiger partial charge in [0.2, 0.25) is 5.91 Å². The molecule has 0 N–H and O–H groups in total. The molecular formula is C27H21N5O2S. The van der Waals surface area contributed by atoms with Crippen molar-refractivity contribution in [3.63, 3.8) is 0 Å². The van der Waals surface area contributed by atoms with E-state index >= 15 is 0 Å². The molecule has 0 aliphatic carbocycles. The number of carbonyl (C=O) groups excluding carboxylic acids is 1. The molecule has 8 heteroatoms. The minimum atomic E-state index is -0.290. The Kier molecular flexibility index (Phi) is 5.42. The molecule has 5 aromatic rings. The minimum Gasteiger partial charge on any atom is -0.301 e. The summed E-state index contributed by atoms with van der Waals surface area (Å²) >= 11 is 1.74. The Morgan fingerprint density at radius 3 is 2.46 bits per heavy atom. The van der Waals surface area contributed by atoms with Gasteiger partial charge in [-0.15, -0.1) is 11.8 Å². The van der Waals surface area contributed by atoms with Gasteiger partial charge in [0.25, 0.3) is 5.56 Å². The van der Waals surface area contributed by atoms with Crippen LogP contribution in [0.25, 0.3) is 16.7 Å². The number of hydrogen-bond donors (Lipinski definition) is 0. The molecule has 35 heavy (non-hydrogen) atoms. The van der Waals surface area contributed by atoms with Crippen LogP contribution in [0.3, 0.4) is 0 Å².